The first-order valence-corrected chi connectivity index (χ1v) is 6.79. The van der Waals surface area contributed by atoms with Crippen LogP contribution in [-0.2, 0) is 0 Å². The minimum absolute atomic E-state index is 1.34. The van der Waals surface area contributed by atoms with Crippen molar-refractivity contribution < 1.29 is 0 Å². The first kappa shape index (κ1) is 10.8. The lowest BCUT2D eigenvalue weighted by atomic mass is 10.00. The van der Waals surface area contributed by atoms with Gasteiger partial charge >= 0.3 is 0 Å². The highest BCUT2D eigenvalue weighted by Gasteiger charge is 2.10. The second kappa shape index (κ2) is 3.58. The van der Waals surface area contributed by atoms with Crippen molar-refractivity contribution in [2.75, 3.05) is 0 Å². The maximum Gasteiger partial charge on any atom is 0.0387 e. The zero-order valence-corrected chi connectivity index (χ0v) is 11.5. The van der Waals surface area contributed by atoms with E-state index >= 15 is 0 Å². The van der Waals surface area contributed by atoms with Crippen molar-refractivity contribution in [3.05, 3.63) is 46.5 Å². The molecule has 0 aliphatic heterocycles. The van der Waals surface area contributed by atoms with Crippen LogP contribution in [0.4, 0.5) is 0 Å². The van der Waals surface area contributed by atoms with Crippen molar-refractivity contribution in [3.63, 3.8) is 0 Å². The molecule has 0 fully saturated rings. The van der Waals surface area contributed by atoms with Crippen LogP contribution >= 0.6 is 11.3 Å². The van der Waals surface area contributed by atoms with E-state index in [-0.39, 0.29) is 0 Å². The molecule has 0 saturated carbocycles. The van der Waals surface area contributed by atoms with Crippen LogP contribution in [-0.4, -0.2) is 0 Å². The third kappa shape index (κ3) is 1.49. The van der Waals surface area contributed by atoms with E-state index in [0.717, 1.165) is 0 Å². The molecule has 3 rings (SSSR count). The molecule has 0 spiro atoms. The Hall–Kier alpha value is -1.34. The van der Waals surface area contributed by atoms with Crippen LogP contribution in [0.1, 0.15) is 22.3 Å². The number of thiophene rings is 1. The van der Waals surface area contributed by atoms with Gasteiger partial charge in [0.15, 0.2) is 0 Å². The summed E-state index contributed by atoms with van der Waals surface area (Å²) in [7, 11) is 0. The number of fused-ring (bicyclic) bond motifs is 3. The van der Waals surface area contributed by atoms with Gasteiger partial charge in [-0.15, -0.1) is 11.3 Å². The van der Waals surface area contributed by atoms with Crippen molar-refractivity contribution in [2.24, 2.45) is 0 Å². The number of benzene rings is 2. The van der Waals surface area contributed by atoms with Gasteiger partial charge in [-0.25, -0.2) is 0 Å². The topological polar surface area (TPSA) is 0 Å². The SMILES string of the molecule is Cc1ccc2sc3c(C)c(C)c(C)cc3c2c1. The molecule has 0 bridgehead atoms. The Balaban J connectivity index is 2.57. The summed E-state index contributed by atoms with van der Waals surface area (Å²) in [6, 6.07) is 9.10. The number of hydrogen-bond acceptors (Lipinski definition) is 1. The third-order valence-electron chi connectivity index (χ3n) is 3.74. The number of hydrogen-bond donors (Lipinski definition) is 0. The number of rotatable bonds is 0. The standard InChI is InChI=1S/C16H16S/c1-9-5-6-15-13(7-9)14-8-10(2)11(3)12(4)16(14)17-15/h5-8H,1-4H3. The minimum Gasteiger partial charge on any atom is -0.135 e. The van der Waals surface area contributed by atoms with Crippen LogP contribution in [0, 0.1) is 27.7 Å². The molecule has 2 aromatic carbocycles. The molecule has 17 heavy (non-hydrogen) atoms. The second-order valence-electron chi connectivity index (χ2n) is 4.92. The van der Waals surface area contributed by atoms with Crippen molar-refractivity contribution in [1.29, 1.82) is 0 Å². The van der Waals surface area contributed by atoms with Crippen molar-refractivity contribution in [2.45, 2.75) is 27.7 Å². The van der Waals surface area contributed by atoms with Crippen molar-refractivity contribution in [3.8, 4) is 0 Å². The molecule has 0 atom stereocenters. The summed E-state index contributed by atoms with van der Waals surface area (Å²) in [5.41, 5.74) is 5.61. The molecule has 0 nitrogen and oxygen atoms in total. The third-order valence-corrected chi connectivity index (χ3v) is 5.04. The Morgan fingerprint density at radius 1 is 0.824 bits per heavy atom. The average molecular weight is 240 g/mol. The molecule has 0 amide bonds. The van der Waals surface area contributed by atoms with Gasteiger partial charge in [-0.2, -0.15) is 0 Å². The molecule has 0 saturated heterocycles. The molecule has 3 aromatic rings. The summed E-state index contributed by atoms with van der Waals surface area (Å²) >= 11 is 1.92. The highest BCUT2D eigenvalue weighted by atomic mass is 32.1. The van der Waals surface area contributed by atoms with E-state index in [1.807, 2.05) is 11.3 Å². The van der Waals surface area contributed by atoms with E-state index in [1.54, 1.807) is 0 Å². The molecule has 1 heteroatoms. The largest absolute Gasteiger partial charge is 0.135 e. The van der Waals surface area contributed by atoms with Gasteiger partial charge in [0.05, 0.1) is 0 Å². The van der Waals surface area contributed by atoms with Gasteiger partial charge in [-0.3, -0.25) is 0 Å². The fourth-order valence-electron chi connectivity index (χ4n) is 2.44. The molecule has 0 aliphatic carbocycles. The van der Waals surface area contributed by atoms with Gasteiger partial charge in [0.25, 0.3) is 0 Å². The Kier molecular flexibility index (Phi) is 2.27. The summed E-state index contributed by atoms with van der Waals surface area (Å²) in [4.78, 5) is 0. The summed E-state index contributed by atoms with van der Waals surface area (Å²) in [6.45, 7) is 8.84. The molecular formula is C16H16S. The van der Waals surface area contributed by atoms with Crippen LogP contribution in [0.5, 0.6) is 0 Å². The van der Waals surface area contributed by atoms with E-state index in [1.165, 1.54) is 42.4 Å². The van der Waals surface area contributed by atoms with Crippen LogP contribution in [0.2, 0.25) is 0 Å². The van der Waals surface area contributed by atoms with Gasteiger partial charge in [0.2, 0.25) is 0 Å². The quantitative estimate of drug-likeness (QED) is 0.501. The summed E-state index contributed by atoms with van der Waals surface area (Å²) in [5.74, 6) is 0. The maximum absolute atomic E-state index is 2.34. The van der Waals surface area contributed by atoms with Gasteiger partial charge in [-0.05, 0) is 62.6 Å². The van der Waals surface area contributed by atoms with E-state index in [4.69, 9.17) is 0 Å². The fourth-order valence-corrected chi connectivity index (χ4v) is 3.66. The van der Waals surface area contributed by atoms with E-state index in [2.05, 4.69) is 52.0 Å². The summed E-state index contributed by atoms with van der Waals surface area (Å²) in [5, 5.41) is 2.84. The lowest BCUT2D eigenvalue weighted by Crippen LogP contribution is -1.85. The number of aryl methyl sites for hydroxylation is 3. The fraction of sp³-hybridized carbons (Fsp3) is 0.250. The van der Waals surface area contributed by atoms with Crippen LogP contribution in [0.15, 0.2) is 24.3 Å². The molecule has 0 aliphatic rings. The zero-order chi connectivity index (χ0) is 12.2. The smallest absolute Gasteiger partial charge is 0.0387 e. The molecule has 0 unspecified atom stereocenters. The average Bonchev–Trinajstić information content (AvgIpc) is 2.65. The highest BCUT2D eigenvalue weighted by molar-refractivity contribution is 7.26. The lowest BCUT2D eigenvalue weighted by molar-refractivity contribution is 1.31. The first-order chi connectivity index (χ1) is 8.08. The lowest BCUT2D eigenvalue weighted by Gasteiger charge is -2.05. The summed E-state index contributed by atoms with van der Waals surface area (Å²) < 4.78 is 2.85. The Bertz CT molecular complexity index is 732. The Morgan fingerprint density at radius 3 is 2.35 bits per heavy atom. The van der Waals surface area contributed by atoms with Gasteiger partial charge < -0.3 is 0 Å². The van der Waals surface area contributed by atoms with E-state index in [9.17, 15) is 0 Å². The van der Waals surface area contributed by atoms with Crippen molar-refractivity contribution >= 4 is 31.5 Å². The second-order valence-corrected chi connectivity index (χ2v) is 5.97. The molecular weight excluding hydrogens is 224 g/mol. The Morgan fingerprint density at radius 2 is 1.59 bits per heavy atom. The highest BCUT2D eigenvalue weighted by Crippen LogP contribution is 2.38. The van der Waals surface area contributed by atoms with E-state index in [0.29, 0.717) is 0 Å². The molecule has 86 valence electrons. The maximum atomic E-state index is 2.34. The van der Waals surface area contributed by atoms with E-state index < -0.39 is 0 Å². The van der Waals surface area contributed by atoms with Gasteiger partial charge in [0, 0.05) is 20.2 Å². The first-order valence-electron chi connectivity index (χ1n) is 5.97. The predicted octanol–water partition coefficient (Wildman–Crippen LogP) is 5.29. The molecule has 1 aromatic heterocycles. The monoisotopic (exact) mass is 240 g/mol. The van der Waals surface area contributed by atoms with Crippen LogP contribution < -0.4 is 0 Å². The molecule has 1 heterocycles. The van der Waals surface area contributed by atoms with Gasteiger partial charge in [-0.1, -0.05) is 11.6 Å². The van der Waals surface area contributed by atoms with Crippen LogP contribution in [0.25, 0.3) is 20.2 Å². The van der Waals surface area contributed by atoms with Crippen LogP contribution in [0.3, 0.4) is 0 Å². The Labute approximate surface area is 106 Å². The molecule has 0 radical (unpaired) electrons. The van der Waals surface area contributed by atoms with Crippen molar-refractivity contribution in [1.82, 2.24) is 0 Å². The van der Waals surface area contributed by atoms with Gasteiger partial charge in [0.1, 0.15) is 0 Å². The normalized spacial score (nSPS) is 11.5. The minimum atomic E-state index is 1.34. The summed E-state index contributed by atoms with van der Waals surface area (Å²) in [6.07, 6.45) is 0. The predicted molar refractivity (Wildman–Crippen MR) is 78.3 cm³/mol. The molecule has 0 N–H and O–H groups in total. The zero-order valence-electron chi connectivity index (χ0n) is 10.7.